The summed E-state index contributed by atoms with van der Waals surface area (Å²) < 4.78 is 0. The number of benzene rings is 2. The third kappa shape index (κ3) is 4.69. The SMILES string of the molecule is CN(C)CCCSC1c2ccccc2CSc2ccccc21.Cl. The lowest BCUT2D eigenvalue weighted by molar-refractivity contribution is 0.410. The van der Waals surface area contributed by atoms with Gasteiger partial charge in [-0.3, -0.25) is 0 Å². The van der Waals surface area contributed by atoms with Crippen molar-refractivity contribution in [3.8, 4) is 0 Å². The van der Waals surface area contributed by atoms with Gasteiger partial charge < -0.3 is 4.90 Å². The molecule has 0 radical (unpaired) electrons. The van der Waals surface area contributed by atoms with E-state index in [1.54, 1.807) is 0 Å². The largest absolute Gasteiger partial charge is 0.309 e. The molecule has 0 N–H and O–H groups in total. The molecule has 1 atom stereocenters. The first-order valence-corrected chi connectivity index (χ1v) is 9.85. The number of rotatable bonds is 5. The minimum Gasteiger partial charge on any atom is -0.309 e. The topological polar surface area (TPSA) is 3.24 Å². The first-order chi connectivity index (χ1) is 10.8. The van der Waals surface area contributed by atoms with Crippen LogP contribution in [0, 0.1) is 0 Å². The fourth-order valence-corrected chi connectivity index (χ4v) is 5.34. The highest BCUT2D eigenvalue weighted by Crippen LogP contribution is 2.45. The zero-order chi connectivity index (χ0) is 15.4. The lowest BCUT2D eigenvalue weighted by atomic mass is 10.0. The predicted octanol–water partition coefficient (Wildman–Crippen LogP) is 5.49. The van der Waals surface area contributed by atoms with Crippen LogP contribution < -0.4 is 0 Å². The first kappa shape index (κ1) is 18.7. The fourth-order valence-electron chi connectivity index (χ4n) is 2.83. The second kappa shape index (κ2) is 9.03. The average molecular weight is 366 g/mol. The summed E-state index contributed by atoms with van der Waals surface area (Å²) in [6.45, 7) is 1.16. The molecular formula is C19H24ClNS2. The van der Waals surface area contributed by atoms with Crippen molar-refractivity contribution in [1.29, 1.82) is 0 Å². The third-order valence-electron chi connectivity index (χ3n) is 3.96. The Balaban J connectivity index is 0.00000192. The van der Waals surface area contributed by atoms with Crippen molar-refractivity contribution in [2.24, 2.45) is 0 Å². The van der Waals surface area contributed by atoms with Crippen molar-refractivity contribution in [1.82, 2.24) is 4.90 Å². The molecule has 0 aliphatic carbocycles. The molecule has 1 heterocycles. The Morgan fingerprint density at radius 1 is 1.04 bits per heavy atom. The molecule has 0 saturated carbocycles. The number of fused-ring (bicyclic) bond motifs is 2. The molecule has 2 aromatic rings. The molecule has 1 nitrogen and oxygen atoms in total. The first-order valence-electron chi connectivity index (χ1n) is 7.81. The molecule has 0 spiro atoms. The van der Waals surface area contributed by atoms with E-state index in [0.29, 0.717) is 5.25 Å². The van der Waals surface area contributed by atoms with E-state index in [-0.39, 0.29) is 12.4 Å². The maximum Gasteiger partial charge on any atom is 0.0560 e. The lowest BCUT2D eigenvalue weighted by Crippen LogP contribution is -2.13. The Hall–Kier alpha value is -0.610. The van der Waals surface area contributed by atoms with E-state index < -0.39 is 0 Å². The summed E-state index contributed by atoms with van der Waals surface area (Å²) in [5, 5.41) is 0.476. The molecule has 0 amide bonds. The van der Waals surface area contributed by atoms with Crippen LogP contribution in [0.4, 0.5) is 0 Å². The third-order valence-corrected chi connectivity index (χ3v) is 6.46. The van der Waals surface area contributed by atoms with E-state index in [9.17, 15) is 0 Å². The zero-order valence-corrected chi connectivity index (χ0v) is 16.1. The molecule has 124 valence electrons. The second-order valence-corrected chi connectivity index (χ2v) is 8.16. The molecule has 1 unspecified atom stereocenters. The van der Waals surface area contributed by atoms with Crippen LogP contribution in [0.2, 0.25) is 0 Å². The van der Waals surface area contributed by atoms with Crippen molar-refractivity contribution in [3.05, 3.63) is 65.2 Å². The number of thioether (sulfide) groups is 2. The van der Waals surface area contributed by atoms with Crippen LogP contribution in [-0.2, 0) is 5.75 Å². The van der Waals surface area contributed by atoms with E-state index >= 15 is 0 Å². The predicted molar refractivity (Wildman–Crippen MR) is 107 cm³/mol. The highest BCUT2D eigenvalue weighted by atomic mass is 35.5. The van der Waals surface area contributed by atoms with Gasteiger partial charge in [0.15, 0.2) is 0 Å². The van der Waals surface area contributed by atoms with Crippen LogP contribution in [0.5, 0.6) is 0 Å². The van der Waals surface area contributed by atoms with Crippen molar-refractivity contribution in [2.75, 3.05) is 26.4 Å². The monoisotopic (exact) mass is 365 g/mol. The Morgan fingerprint density at radius 3 is 2.52 bits per heavy atom. The summed E-state index contributed by atoms with van der Waals surface area (Å²) in [6, 6.07) is 17.9. The highest BCUT2D eigenvalue weighted by Gasteiger charge is 2.23. The highest BCUT2D eigenvalue weighted by molar-refractivity contribution is 8.00. The van der Waals surface area contributed by atoms with Crippen LogP contribution in [0.15, 0.2) is 53.4 Å². The van der Waals surface area contributed by atoms with Gasteiger partial charge in [0.1, 0.15) is 0 Å². The number of halogens is 1. The minimum absolute atomic E-state index is 0. The van der Waals surface area contributed by atoms with Crippen molar-refractivity contribution in [3.63, 3.8) is 0 Å². The summed E-state index contributed by atoms with van der Waals surface area (Å²) in [6.07, 6.45) is 1.24. The second-order valence-electron chi connectivity index (χ2n) is 5.93. The van der Waals surface area contributed by atoms with Crippen LogP contribution in [0.25, 0.3) is 0 Å². The van der Waals surface area contributed by atoms with Gasteiger partial charge in [0.2, 0.25) is 0 Å². The molecule has 1 aliphatic rings. The van der Waals surface area contributed by atoms with Gasteiger partial charge in [0, 0.05) is 10.6 Å². The standard InChI is InChI=1S/C19H23NS2.ClH/c1-20(2)12-7-13-21-19-16-9-4-3-8-15(16)14-22-18-11-6-5-10-17(18)19;/h3-6,8-11,19H,7,12-14H2,1-2H3;1H. The molecule has 4 heteroatoms. The number of hydrogen-bond acceptors (Lipinski definition) is 3. The van der Waals surface area contributed by atoms with Crippen LogP contribution in [0.1, 0.15) is 28.4 Å². The Morgan fingerprint density at radius 2 is 1.74 bits per heavy atom. The maximum atomic E-state index is 2.32. The van der Waals surface area contributed by atoms with E-state index in [0.717, 1.165) is 12.3 Å². The van der Waals surface area contributed by atoms with E-state index in [4.69, 9.17) is 0 Å². The van der Waals surface area contributed by atoms with Gasteiger partial charge in [0.25, 0.3) is 0 Å². The van der Waals surface area contributed by atoms with Crippen molar-refractivity contribution in [2.45, 2.75) is 22.3 Å². The molecule has 0 fully saturated rings. The number of hydrogen-bond donors (Lipinski definition) is 0. The Labute approximate surface area is 154 Å². The van der Waals surface area contributed by atoms with E-state index in [2.05, 4.69) is 79.3 Å². The van der Waals surface area contributed by atoms with Gasteiger partial charge in [-0.15, -0.1) is 35.9 Å². The summed E-state index contributed by atoms with van der Waals surface area (Å²) in [5.74, 6) is 2.29. The van der Waals surface area contributed by atoms with Crippen molar-refractivity contribution >= 4 is 35.9 Å². The summed E-state index contributed by atoms with van der Waals surface area (Å²) in [5.41, 5.74) is 4.50. The Bertz CT molecular complexity index is 583. The Kier molecular flexibility index (Phi) is 7.35. The van der Waals surface area contributed by atoms with Crippen LogP contribution in [0.3, 0.4) is 0 Å². The molecule has 0 saturated heterocycles. The minimum atomic E-state index is 0. The quantitative estimate of drug-likeness (QED) is 0.645. The normalized spacial score (nSPS) is 16.2. The fraction of sp³-hybridized carbons (Fsp3) is 0.368. The van der Waals surface area contributed by atoms with Crippen LogP contribution >= 0.6 is 35.9 Å². The molecule has 23 heavy (non-hydrogen) atoms. The summed E-state index contributed by atoms with van der Waals surface area (Å²) in [4.78, 5) is 3.72. The molecule has 1 aliphatic heterocycles. The molecule has 0 aromatic heterocycles. The van der Waals surface area contributed by atoms with Gasteiger partial charge in [-0.05, 0) is 55.6 Å². The van der Waals surface area contributed by atoms with Gasteiger partial charge in [-0.25, -0.2) is 0 Å². The van der Waals surface area contributed by atoms with Crippen LogP contribution in [-0.4, -0.2) is 31.3 Å². The van der Waals surface area contributed by atoms with Gasteiger partial charge in [0.05, 0.1) is 5.25 Å². The lowest BCUT2D eigenvalue weighted by Gasteiger charge is -2.20. The van der Waals surface area contributed by atoms with Gasteiger partial charge in [-0.1, -0.05) is 42.5 Å². The van der Waals surface area contributed by atoms with Gasteiger partial charge in [-0.2, -0.15) is 0 Å². The van der Waals surface area contributed by atoms with Gasteiger partial charge >= 0.3 is 0 Å². The molecular weight excluding hydrogens is 342 g/mol. The zero-order valence-electron chi connectivity index (χ0n) is 13.7. The summed E-state index contributed by atoms with van der Waals surface area (Å²) in [7, 11) is 4.30. The average Bonchev–Trinajstić information content (AvgIpc) is 2.69. The molecule has 0 bridgehead atoms. The molecule has 2 aromatic carbocycles. The van der Waals surface area contributed by atoms with E-state index in [1.165, 1.54) is 33.8 Å². The molecule has 3 rings (SSSR count). The van der Waals surface area contributed by atoms with Crippen molar-refractivity contribution < 1.29 is 0 Å². The number of nitrogens with zero attached hydrogens (tertiary/aromatic N) is 1. The maximum absolute atomic E-state index is 2.32. The van der Waals surface area contributed by atoms with E-state index in [1.807, 2.05) is 11.8 Å². The smallest absolute Gasteiger partial charge is 0.0560 e. The summed E-state index contributed by atoms with van der Waals surface area (Å²) >= 11 is 4.08.